The zero-order chi connectivity index (χ0) is 18.0. The Morgan fingerprint density at radius 1 is 1.40 bits per heavy atom. The van der Waals surface area contributed by atoms with E-state index in [9.17, 15) is 8.78 Å². The first-order chi connectivity index (χ1) is 11.9. The third-order valence-electron chi connectivity index (χ3n) is 3.96. The van der Waals surface area contributed by atoms with Crippen LogP contribution in [0.5, 0.6) is 5.75 Å². The molecule has 1 aliphatic heterocycles. The van der Waals surface area contributed by atoms with E-state index in [1.165, 1.54) is 32.2 Å². The van der Waals surface area contributed by atoms with Crippen LogP contribution in [0.2, 0.25) is 0 Å². The summed E-state index contributed by atoms with van der Waals surface area (Å²) in [5.41, 5.74) is 4.61. The van der Waals surface area contributed by atoms with Crippen molar-refractivity contribution in [2.75, 3.05) is 19.0 Å². The summed E-state index contributed by atoms with van der Waals surface area (Å²) in [5, 5.41) is 3.03. The second kappa shape index (κ2) is 6.64. The van der Waals surface area contributed by atoms with Crippen molar-refractivity contribution in [1.29, 1.82) is 0 Å². The van der Waals surface area contributed by atoms with Gasteiger partial charge in [0, 0.05) is 17.4 Å². The average molecular weight is 348 g/mol. The van der Waals surface area contributed by atoms with Crippen molar-refractivity contribution in [3.63, 3.8) is 0 Å². The number of anilines is 2. The first kappa shape index (κ1) is 17.1. The van der Waals surface area contributed by atoms with Gasteiger partial charge >= 0.3 is 0 Å². The lowest BCUT2D eigenvalue weighted by Gasteiger charge is -2.33. The van der Waals surface area contributed by atoms with E-state index in [2.05, 4.69) is 15.3 Å². The molecule has 25 heavy (non-hydrogen) atoms. The summed E-state index contributed by atoms with van der Waals surface area (Å²) < 4.78 is 38.9. The maximum Gasteiger partial charge on any atom is 0.228 e. The Balaban J connectivity index is 2.00. The Morgan fingerprint density at radius 3 is 2.96 bits per heavy atom. The molecule has 2 atom stereocenters. The molecule has 2 heterocycles. The molecule has 1 aromatic carbocycles. The zero-order valence-electron chi connectivity index (χ0n) is 13.8. The highest BCUT2D eigenvalue weighted by Crippen LogP contribution is 2.37. The number of pyridine rings is 1. The van der Waals surface area contributed by atoms with Crippen LogP contribution in [0.3, 0.4) is 0 Å². The van der Waals surface area contributed by atoms with Crippen LogP contribution in [0.25, 0.3) is 0 Å². The largest absolute Gasteiger partial charge is 0.493 e. The number of aromatic nitrogens is 1. The highest BCUT2D eigenvalue weighted by atomic mass is 19.1. The van der Waals surface area contributed by atoms with Crippen molar-refractivity contribution in [2.24, 2.45) is 10.7 Å². The predicted octanol–water partition coefficient (Wildman–Crippen LogP) is 2.87. The highest BCUT2D eigenvalue weighted by molar-refractivity contribution is 5.82. The molecule has 2 unspecified atom stereocenters. The first-order valence-corrected chi connectivity index (χ1v) is 7.60. The summed E-state index contributed by atoms with van der Waals surface area (Å²) in [7, 11) is 1.52. The lowest BCUT2D eigenvalue weighted by molar-refractivity contribution is -0.0805. The molecule has 0 saturated carbocycles. The normalized spacial score (nSPS) is 23.0. The molecule has 2 aromatic rings. The second-order valence-electron chi connectivity index (χ2n) is 5.75. The van der Waals surface area contributed by atoms with Gasteiger partial charge in [-0.25, -0.2) is 13.8 Å². The lowest BCUT2D eigenvalue weighted by Crippen LogP contribution is -2.43. The van der Waals surface area contributed by atoms with Gasteiger partial charge in [-0.3, -0.25) is 4.99 Å². The molecular formula is C17H18F2N4O2. The van der Waals surface area contributed by atoms with Gasteiger partial charge in [-0.15, -0.1) is 0 Å². The fourth-order valence-corrected chi connectivity index (χ4v) is 2.66. The fourth-order valence-electron chi connectivity index (χ4n) is 2.66. The third kappa shape index (κ3) is 3.25. The Morgan fingerprint density at radius 2 is 2.20 bits per heavy atom. The minimum atomic E-state index is -1.81. The molecule has 0 aliphatic carbocycles. The number of methoxy groups -OCH3 is 1. The maximum atomic E-state index is 14.4. The number of hydrogen-bond donors (Lipinski definition) is 2. The Labute approximate surface area is 143 Å². The van der Waals surface area contributed by atoms with Crippen LogP contribution in [-0.2, 0) is 10.3 Å². The van der Waals surface area contributed by atoms with E-state index in [1.807, 2.05) is 0 Å². The Hall–Kier alpha value is -2.74. The van der Waals surface area contributed by atoms with Crippen molar-refractivity contribution in [3.05, 3.63) is 47.9 Å². The number of ether oxygens (including phenoxy) is 2. The SMILES string of the molecule is COc1cccnc1Nc1ccc(F)c(C2(C)N=C(N)COC2F)c1. The van der Waals surface area contributed by atoms with Gasteiger partial charge in [0.15, 0.2) is 11.6 Å². The monoisotopic (exact) mass is 348 g/mol. The van der Waals surface area contributed by atoms with Crippen LogP contribution in [-0.4, -0.2) is 30.9 Å². The number of benzene rings is 1. The maximum absolute atomic E-state index is 14.4. The molecule has 132 valence electrons. The number of amidine groups is 1. The van der Waals surface area contributed by atoms with E-state index >= 15 is 0 Å². The van der Waals surface area contributed by atoms with Crippen molar-refractivity contribution in [2.45, 2.75) is 18.8 Å². The summed E-state index contributed by atoms with van der Waals surface area (Å²) in [5.74, 6) is 0.477. The molecular weight excluding hydrogens is 330 g/mol. The molecule has 8 heteroatoms. The number of nitrogens with two attached hydrogens (primary N) is 1. The van der Waals surface area contributed by atoms with Crippen molar-refractivity contribution < 1.29 is 18.3 Å². The molecule has 0 radical (unpaired) electrons. The molecule has 3 N–H and O–H groups in total. The summed E-state index contributed by atoms with van der Waals surface area (Å²) >= 11 is 0. The van der Waals surface area contributed by atoms with Gasteiger partial charge in [0.25, 0.3) is 0 Å². The van der Waals surface area contributed by atoms with E-state index in [0.717, 1.165) is 0 Å². The topological polar surface area (TPSA) is 81.8 Å². The Bertz CT molecular complexity index is 815. The molecule has 1 aliphatic rings. The molecule has 0 bridgehead atoms. The number of nitrogens with zero attached hydrogens (tertiary/aromatic N) is 2. The van der Waals surface area contributed by atoms with Gasteiger partial charge in [-0.05, 0) is 37.3 Å². The van der Waals surface area contributed by atoms with Gasteiger partial charge in [0.2, 0.25) is 6.36 Å². The standard InChI is InChI=1S/C17H18F2N4O2/c1-17(16(19)25-9-14(20)23-17)11-8-10(5-6-12(11)18)22-15-13(24-2)4-3-7-21-15/h3-8,16H,9H2,1-2H3,(H2,20,23)(H,21,22). The number of halogens is 2. The van der Waals surface area contributed by atoms with Crippen molar-refractivity contribution in [1.82, 2.24) is 4.98 Å². The van der Waals surface area contributed by atoms with E-state index in [0.29, 0.717) is 17.3 Å². The summed E-state index contributed by atoms with van der Waals surface area (Å²) in [6.45, 7) is 1.31. The highest BCUT2D eigenvalue weighted by Gasteiger charge is 2.42. The lowest BCUT2D eigenvalue weighted by atomic mass is 9.90. The van der Waals surface area contributed by atoms with Crippen molar-refractivity contribution in [3.8, 4) is 5.75 Å². The molecule has 0 amide bonds. The number of hydrogen-bond acceptors (Lipinski definition) is 6. The second-order valence-corrected chi connectivity index (χ2v) is 5.75. The molecule has 3 rings (SSSR count). The van der Waals surface area contributed by atoms with Crippen LogP contribution in [0.1, 0.15) is 12.5 Å². The van der Waals surface area contributed by atoms with E-state index in [-0.39, 0.29) is 18.0 Å². The van der Waals surface area contributed by atoms with Gasteiger partial charge in [-0.1, -0.05) is 0 Å². The van der Waals surface area contributed by atoms with E-state index in [4.69, 9.17) is 15.2 Å². The molecule has 6 nitrogen and oxygen atoms in total. The Kier molecular flexibility index (Phi) is 4.54. The third-order valence-corrected chi connectivity index (χ3v) is 3.96. The number of nitrogens with one attached hydrogen (secondary N) is 1. The van der Waals surface area contributed by atoms with Gasteiger partial charge in [-0.2, -0.15) is 0 Å². The van der Waals surface area contributed by atoms with Crippen molar-refractivity contribution >= 4 is 17.3 Å². The quantitative estimate of drug-likeness (QED) is 0.888. The summed E-state index contributed by atoms with van der Waals surface area (Å²) in [6.07, 6.45) is -0.220. The molecule has 1 aromatic heterocycles. The minimum Gasteiger partial charge on any atom is -0.493 e. The molecule has 0 saturated heterocycles. The fraction of sp³-hybridized carbons (Fsp3) is 0.294. The molecule has 0 spiro atoms. The minimum absolute atomic E-state index is 0.0301. The van der Waals surface area contributed by atoms with E-state index < -0.39 is 17.7 Å². The van der Waals surface area contributed by atoms with Crippen LogP contribution in [0.4, 0.5) is 20.3 Å². The number of rotatable bonds is 4. The van der Waals surface area contributed by atoms with Gasteiger partial charge in [0.05, 0.1) is 7.11 Å². The van der Waals surface area contributed by atoms with Gasteiger partial charge in [0.1, 0.15) is 23.8 Å². The number of alkyl halides is 1. The number of aliphatic imine (C=N–C) groups is 1. The molecule has 0 fully saturated rings. The first-order valence-electron chi connectivity index (χ1n) is 7.60. The van der Waals surface area contributed by atoms with Crippen LogP contribution in [0, 0.1) is 5.82 Å². The summed E-state index contributed by atoms with van der Waals surface area (Å²) in [4.78, 5) is 8.27. The van der Waals surface area contributed by atoms with Gasteiger partial charge < -0.3 is 20.5 Å². The smallest absolute Gasteiger partial charge is 0.228 e. The zero-order valence-corrected chi connectivity index (χ0v) is 13.8. The van der Waals surface area contributed by atoms with Crippen LogP contribution < -0.4 is 15.8 Å². The average Bonchev–Trinajstić information content (AvgIpc) is 2.60. The summed E-state index contributed by atoms with van der Waals surface area (Å²) in [6, 6.07) is 7.66. The predicted molar refractivity (Wildman–Crippen MR) is 90.3 cm³/mol. The van der Waals surface area contributed by atoms with Crippen LogP contribution >= 0.6 is 0 Å². The van der Waals surface area contributed by atoms with Crippen LogP contribution in [0.15, 0.2) is 41.5 Å². The van der Waals surface area contributed by atoms with E-state index in [1.54, 1.807) is 18.3 Å².